The van der Waals surface area contributed by atoms with Gasteiger partial charge in [0.15, 0.2) is 6.29 Å². The van der Waals surface area contributed by atoms with Crippen molar-refractivity contribution in [2.75, 3.05) is 0 Å². The monoisotopic (exact) mass is 318 g/mol. The molecule has 0 saturated carbocycles. The summed E-state index contributed by atoms with van der Waals surface area (Å²) in [5, 5.41) is 1.17. The second-order valence-corrected chi connectivity index (χ2v) is 5.79. The molecule has 112 valence electrons. The first-order valence-electron chi connectivity index (χ1n) is 7.14. The van der Waals surface area contributed by atoms with E-state index in [0.717, 1.165) is 22.5 Å². The van der Waals surface area contributed by atoms with E-state index in [1.807, 2.05) is 54.7 Å². The Morgan fingerprint density at radius 1 is 1.09 bits per heavy atom. The highest BCUT2D eigenvalue weighted by Gasteiger charge is 2.01. The quantitative estimate of drug-likeness (QED) is 0.453. The molecule has 3 aromatic rings. The number of carbonyl (C=O) groups is 1. The SMILES string of the molecule is O=CC#Cc1ccc(SNCc2ccnc3ccccc23)cc1. The summed E-state index contributed by atoms with van der Waals surface area (Å²) in [6.45, 7) is 0.750. The van der Waals surface area contributed by atoms with Crippen molar-refractivity contribution in [3.63, 3.8) is 0 Å². The zero-order chi connectivity index (χ0) is 15.9. The number of hydrogen-bond donors (Lipinski definition) is 1. The minimum absolute atomic E-state index is 0.600. The number of hydrogen-bond acceptors (Lipinski definition) is 4. The predicted octanol–water partition coefficient (Wildman–Crippen LogP) is 3.58. The topological polar surface area (TPSA) is 42.0 Å². The second-order valence-electron chi connectivity index (χ2n) is 4.82. The molecule has 0 fully saturated rings. The Balaban J connectivity index is 1.63. The van der Waals surface area contributed by atoms with Crippen molar-refractivity contribution in [3.05, 3.63) is 71.9 Å². The number of aldehydes is 1. The first-order valence-corrected chi connectivity index (χ1v) is 7.96. The lowest BCUT2D eigenvalue weighted by molar-refractivity contribution is -0.103. The predicted molar refractivity (Wildman–Crippen MR) is 93.8 cm³/mol. The van der Waals surface area contributed by atoms with E-state index in [2.05, 4.69) is 27.6 Å². The number of fused-ring (bicyclic) bond motifs is 1. The van der Waals surface area contributed by atoms with E-state index in [-0.39, 0.29) is 0 Å². The average molecular weight is 318 g/mol. The fraction of sp³-hybridized carbons (Fsp3) is 0.0526. The van der Waals surface area contributed by atoms with Crippen molar-refractivity contribution >= 4 is 29.1 Å². The summed E-state index contributed by atoms with van der Waals surface area (Å²) < 4.78 is 3.37. The number of carbonyl (C=O) groups excluding carboxylic acids is 1. The average Bonchev–Trinajstić information content (AvgIpc) is 2.61. The van der Waals surface area contributed by atoms with Crippen LogP contribution in [0.2, 0.25) is 0 Å². The van der Waals surface area contributed by atoms with Crippen LogP contribution in [0.25, 0.3) is 10.9 Å². The Morgan fingerprint density at radius 3 is 2.74 bits per heavy atom. The summed E-state index contributed by atoms with van der Waals surface area (Å²) in [6.07, 6.45) is 2.44. The zero-order valence-electron chi connectivity index (χ0n) is 12.3. The van der Waals surface area contributed by atoms with Crippen molar-refractivity contribution in [3.8, 4) is 11.8 Å². The molecule has 0 aliphatic heterocycles. The van der Waals surface area contributed by atoms with Gasteiger partial charge in [0.25, 0.3) is 0 Å². The van der Waals surface area contributed by atoms with E-state index in [9.17, 15) is 4.79 Å². The number of aromatic nitrogens is 1. The van der Waals surface area contributed by atoms with Crippen molar-refractivity contribution in [2.24, 2.45) is 0 Å². The van der Waals surface area contributed by atoms with Gasteiger partial charge in [-0.25, -0.2) is 0 Å². The molecule has 0 saturated heterocycles. The molecule has 0 radical (unpaired) electrons. The van der Waals surface area contributed by atoms with E-state index in [4.69, 9.17) is 0 Å². The molecule has 0 spiro atoms. The highest BCUT2D eigenvalue weighted by molar-refractivity contribution is 7.97. The summed E-state index contributed by atoms with van der Waals surface area (Å²) in [4.78, 5) is 15.7. The first-order chi connectivity index (χ1) is 11.4. The van der Waals surface area contributed by atoms with Crippen molar-refractivity contribution in [2.45, 2.75) is 11.4 Å². The van der Waals surface area contributed by atoms with E-state index < -0.39 is 0 Å². The molecule has 0 aliphatic carbocycles. The second kappa shape index (κ2) is 7.59. The third-order valence-corrected chi connectivity index (χ3v) is 4.12. The number of nitrogens with one attached hydrogen (secondary N) is 1. The van der Waals surface area contributed by atoms with Crippen LogP contribution in [0.3, 0.4) is 0 Å². The van der Waals surface area contributed by atoms with E-state index in [1.54, 1.807) is 11.9 Å². The molecule has 0 atom stereocenters. The largest absolute Gasteiger partial charge is 0.289 e. The van der Waals surface area contributed by atoms with Crippen LogP contribution in [0.4, 0.5) is 0 Å². The number of benzene rings is 2. The highest BCUT2D eigenvalue weighted by Crippen LogP contribution is 2.19. The molecule has 0 amide bonds. The lowest BCUT2D eigenvalue weighted by Crippen LogP contribution is -2.03. The highest BCUT2D eigenvalue weighted by atomic mass is 32.2. The molecule has 3 rings (SSSR count). The lowest BCUT2D eigenvalue weighted by Gasteiger charge is -2.07. The molecule has 2 aromatic carbocycles. The smallest absolute Gasteiger partial charge is 0.193 e. The maximum Gasteiger partial charge on any atom is 0.193 e. The van der Waals surface area contributed by atoms with Crippen LogP contribution in [0.5, 0.6) is 0 Å². The van der Waals surface area contributed by atoms with Crippen molar-refractivity contribution < 1.29 is 4.79 Å². The maximum absolute atomic E-state index is 10.2. The van der Waals surface area contributed by atoms with Crippen molar-refractivity contribution in [1.82, 2.24) is 9.71 Å². The van der Waals surface area contributed by atoms with Gasteiger partial charge in [-0.2, -0.15) is 0 Å². The van der Waals surface area contributed by atoms with Gasteiger partial charge in [0.1, 0.15) is 0 Å². The van der Waals surface area contributed by atoms with Crippen LogP contribution in [-0.4, -0.2) is 11.3 Å². The summed E-state index contributed by atoms with van der Waals surface area (Å²) >= 11 is 1.57. The minimum atomic E-state index is 0.600. The summed E-state index contributed by atoms with van der Waals surface area (Å²) in [5.74, 6) is 5.18. The van der Waals surface area contributed by atoms with Gasteiger partial charge in [-0.15, -0.1) is 0 Å². The Morgan fingerprint density at radius 2 is 1.91 bits per heavy atom. The first kappa shape index (κ1) is 15.3. The molecule has 1 N–H and O–H groups in total. The molecular weight excluding hydrogens is 304 g/mol. The molecule has 3 nitrogen and oxygen atoms in total. The van der Waals surface area contributed by atoms with E-state index in [0.29, 0.717) is 6.29 Å². The number of pyridine rings is 1. The standard InChI is InChI=1S/C19H14N2OS/c22-13-3-4-15-7-9-17(10-8-15)23-21-14-16-11-12-20-19-6-2-1-5-18(16)19/h1-2,5-13,21H,14H2. The van der Waals surface area contributed by atoms with Crippen LogP contribution >= 0.6 is 11.9 Å². The molecule has 1 heterocycles. The fourth-order valence-electron chi connectivity index (χ4n) is 2.23. The van der Waals surface area contributed by atoms with Crippen LogP contribution in [0.15, 0.2) is 65.7 Å². The third-order valence-electron chi connectivity index (χ3n) is 3.32. The molecule has 4 heteroatoms. The van der Waals surface area contributed by atoms with E-state index in [1.165, 1.54) is 10.9 Å². The summed E-state index contributed by atoms with van der Waals surface area (Å²) in [7, 11) is 0. The summed E-state index contributed by atoms with van der Waals surface area (Å²) in [5.41, 5.74) is 3.06. The molecule has 1 aromatic heterocycles. The number of nitrogens with zero attached hydrogens (tertiary/aromatic N) is 1. The van der Waals surface area contributed by atoms with E-state index >= 15 is 0 Å². The van der Waals surface area contributed by atoms with Crippen LogP contribution < -0.4 is 4.72 Å². The molecule has 23 heavy (non-hydrogen) atoms. The Hall–Kier alpha value is -2.61. The molecule has 0 unspecified atom stereocenters. The van der Waals surface area contributed by atoms with Crippen LogP contribution in [-0.2, 0) is 11.3 Å². The van der Waals surface area contributed by atoms with Crippen LogP contribution in [0.1, 0.15) is 11.1 Å². The molecule has 0 bridgehead atoms. The molecule has 0 aliphatic rings. The zero-order valence-corrected chi connectivity index (χ0v) is 13.1. The fourth-order valence-corrected chi connectivity index (χ4v) is 2.89. The Labute approximate surface area is 139 Å². The Bertz CT molecular complexity index is 874. The normalized spacial score (nSPS) is 10.1. The van der Waals surface area contributed by atoms with Gasteiger partial charge in [-0.1, -0.05) is 24.1 Å². The van der Waals surface area contributed by atoms with Gasteiger partial charge in [-0.3, -0.25) is 14.5 Å². The minimum Gasteiger partial charge on any atom is -0.289 e. The van der Waals surface area contributed by atoms with Gasteiger partial charge < -0.3 is 0 Å². The van der Waals surface area contributed by atoms with Gasteiger partial charge in [-0.05, 0) is 59.8 Å². The number of para-hydroxylation sites is 1. The maximum atomic E-state index is 10.2. The molecular formula is C19H14N2OS. The van der Waals surface area contributed by atoms with Crippen molar-refractivity contribution in [1.29, 1.82) is 0 Å². The van der Waals surface area contributed by atoms with Gasteiger partial charge in [0.2, 0.25) is 0 Å². The van der Waals surface area contributed by atoms with Gasteiger partial charge in [0.05, 0.1) is 5.52 Å². The Kier molecular flexibility index (Phi) is 5.05. The third kappa shape index (κ3) is 3.98. The van der Waals surface area contributed by atoms with Crippen LogP contribution in [0, 0.1) is 11.8 Å². The van der Waals surface area contributed by atoms with Gasteiger partial charge >= 0.3 is 0 Å². The van der Waals surface area contributed by atoms with Gasteiger partial charge in [0, 0.05) is 28.6 Å². The number of rotatable bonds is 4. The summed E-state index contributed by atoms with van der Waals surface area (Å²) in [6, 6.07) is 17.9. The lowest BCUT2D eigenvalue weighted by atomic mass is 10.1.